The van der Waals surface area contributed by atoms with Gasteiger partial charge in [0.2, 0.25) is 0 Å². The zero-order valence-corrected chi connectivity index (χ0v) is 12.8. The maximum Gasteiger partial charge on any atom is 0.192 e. The molecular weight excluding hydrogens is 228 g/mol. The molecule has 0 bridgehead atoms. The first-order valence-corrected chi connectivity index (χ1v) is 8.97. The van der Waals surface area contributed by atoms with E-state index in [9.17, 15) is 5.11 Å². The van der Waals surface area contributed by atoms with Gasteiger partial charge in [-0.05, 0) is 30.6 Å². The summed E-state index contributed by atoms with van der Waals surface area (Å²) in [4.78, 5) is 0. The lowest BCUT2D eigenvalue weighted by atomic mass is 10.1. The van der Waals surface area contributed by atoms with Crippen LogP contribution in [0.3, 0.4) is 0 Å². The van der Waals surface area contributed by atoms with Crippen LogP contribution in [0.15, 0.2) is 18.2 Å². The molecule has 0 atom stereocenters. The van der Waals surface area contributed by atoms with Crippen LogP contribution in [0.5, 0.6) is 5.75 Å². The third-order valence-electron chi connectivity index (χ3n) is 3.72. The highest BCUT2D eigenvalue weighted by molar-refractivity contribution is 6.74. The van der Waals surface area contributed by atoms with Crippen molar-refractivity contribution in [3.63, 3.8) is 0 Å². The summed E-state index contributed by atoms with van der Waals surface area (Å²) in [6.45, 7) is 13.5. The maximum absolute atomic E-state index is 9.93. The number of rotatable bonds is 3. The third-order valence-corrected chi connectivity index (χ3v) is 8.19. The summed E-state index contributed by atoms with van der Waals surface area (Å²) >= 11 is 0. The van der Waals surface area contributed by atoms with Gasteiger partial charge in [-0.15, -0.1) is 0 Å². The van der Waals surface area contributed by atoms with E-state index in [1.54, 1.807) is 0 Å². The molecule has 0 fully saturated rings. The highest BCUT2D eigenvalue weighted by Gasteiger charge is 2.37. The molecule has 1 aromatic carbocycles. The molecule has 2 nitrogen and oxygen atoms in total. The minimum Gasteiger partial charge on any atom is -0.507 e. The number of hydrogen-bond donors (Lipinski definition) is 1. The average Bonchev–Trinajstić information content (AvgIpc) is 2.18. The van der Waals surface area contributed by atoms with Gasteiger partial charge in [0.25, 0.3) is 0 Å². The van der Waals surface area contributed by atoms with Crippen LogP contribution in [0.1, 0.15) is 31.9 Å². The Morgan fingerprint density at radius 2 is 1.82 bits per heavy atom. The summed E-state index contributed by atoms with van der Waals surface area (Å²) in [6.07, 6.45) is 0. The van der Waals surface area contributed by atoms with E-state index in [0.717, 1.165) is 11.1 Å². The minimum absolute atomic E-state index is 0.201. The number of phenolic OH excluding ortho intramolecular Hbond substituents is 1. The molecule has 96 valence electrons. The summed E-state index contributed by atoms with van der Waals surface area (Å²) in [5, 5.41) is 10.1. The lowest BCUT2D eigenvalue weighted by Gasteiger charge is -2.36. The molecule has 0 saturated carbocycles. The van der Waals surface area contributed by atoms with Gasteiger partial charge in [-0.3, -0.25) is 0 Å². The van der Waals surface area contributed by atoms with Crippen LogP contribution in [0, 0.1) is 6.92 Å². The number of para-hydroxylation sites is 1. The molecule has 0 unspecified atom stereocenters. The highest BCUT2D eigenvalue weighted by atomic mass is 28.4. The fraction of sp³-hybridized carbons (Fsp3) is 0.571. The maximum atomic E-state index is 9.93. The first-order valence-electron chi connectivity index (χ1n) is 6.06. The van der Waals surface area contributed by atoms with Gasteiger partial charge in [-0.2, -0.15) is 0 Å². The van der Waals surface area contributed by atoms with Gasteiger partial charge in [0, 0.05) is 5.56 Å². The largest absolute Gasteiger partial charge is 0.507 e. The molecule has 0 aliphatic heterocycles. The van der Waals surface area contributed by atoms with Crippen molar-refractivity contribution in [2.45, 2.75) is 52.4 Å². The van der Waals surface area contributed by atoms with Crippen LogP contribution in [0.4, 0.5) is 0 Å². The van der Waals surface area contributed by atoms with Crippen molar-refractivity contribution >= 4 is 8.32 Å². The average molecular weight is 252 g/mol. The number of aryl methyl sites for hydroxylation is 1. The van der Waals surface area contributed by atoms with Crippen molar-refractivity contribution in [3.05, 3.63) is 29.3 Å². The number of benzene rings is 1. The van der Waals surface area contributed by atoms with Gasteiger partial charge < -0.3 is 9.53 Å². The second-order valence-corrected chi connectivity index (χ2v) is 10.9. The Kier molecular flexibility index (Phi) is 4.05. The molecule has 1 rings (SSSR count). The van der Waals surface area contributed by atoms with Gasteiger partial charge in [0.05, 0.1) is 6.61 Å². The summed E-state index contributed by atoms with van der Waals surface area (Å²) < 4.78 is 6.09. The van der Waals surface area contributed by atoms with Crippen molar-refractivity contribution in [3.8, 4) is 5.75 Å². The minimum atomic E-state index is -1.74. The molecule has 0 aromatic heterocycles. The number of aromatic hydroxyl groups is 1. The van der Waals surface area contributed by atoms with E-state index < -0.39 is 8.32 Å². The van der Waals surface area contributed by atoms with Gasteiger partial charge in [0.15, 0.2) is 8.32 Å². The SMILES string of the molecule is Cc1cccc(CO[Si](C)(C)C(C)(C)C)c1O. The molecule has 0 spiro atoms. The summed E-state index contributed by atoms with van der Waals surface area (Å²) in [5.41, 5.74) is 1.79. The summed E-state index contributed by atoms with van der Waals surface area (Å²) in [6, 6.07) is 5.79. The first-order chi connectivity index (χ1) is 7.65. The molecule has 0 saturated heterocycles. The lowest BCUT2D eigenvalue weighted by Crippen LogP contribution is -2.40. The van der Waals surface area contributed by atoms with Crippen molar-refractivity contribution in [2.75, 3.05) is 0 Å². The number of hydrogen-bond acceptors (Lipinski definition) is 2. The molecule has 1 aromatic rings. The van der Waals surface area contributed by atoms with Gasteiger partial charge in [-0.1, -0.05) is 39.0 Å². The molecule has 0 radical (unpaired) electrons. The smallest absolute Gasteiger partial charge is 0.192 e. The highest BCUT2D eigenvalue weighted by Crippen LogP contribution is 2.37. The van der Waals surface area contributed by atoms with Crippen molar-refractivity contribution in [1.82, 2.24) is 0 Å². The Morgan fingerprint density at radius 3 is 2.35 bits per heavy atom. The Balaban J connectivity index is 2.78. The van der Waals surface area contributed by atoms with Gasteiger partial charge in [-0.25, -0.2) is 0 Å². The van der Waals surface area contributed by atoms with Crippen LogP contribution in [-0.4, -0.2) is 13.4 Å². The molecule has 1 N–H and O–H groups in total. The lowest BCUT2D eigenvalue weighted by molar-refractivity contribution is 0.271. The monoisotopic (exact) mass is 252 g/mol. The van der Waals surface area contributed by atoms with E-state index in [0.29, 0.717) is 12.4 Å². The Morgan fingerprint density at radius 1 is 1.24 bits per heavy atom. The Bertz CT molecular complexity index is 392. The zero-order chi connectivity index (χ0) is 13.3. The van der Waals surface area contributed by atoms with Crippen LogP contribution in [0.25, 0.3) is 0 Å². The molecule has 0 heterocycles. The van der Waals surface area contributed by atoms with E-state index in [1.165, 1.54) is 0 Å². The standard InChI is InChI=1S/C14H24O2Si/c1-11-8-7-9-12(13(11)15)10-16-17(5,6)14(2,3)4/h7-9,15H,10H2,1-6H3. The van der Waals surface area contributed by atoms with E-state index in [2.05, 4.69) is 33.9 Å². The van der Waals surface area contributed by atoms with E-state index in [4.69, 9.17) is 4.43 Å². The predicted molar refractivity (Wildman–Crippen MR) is 74.8 cm³/mol. The Hall–Kier alpha value is -0.803. The fourth-order valence-electron chi connectivity index (χ4n) is 1.31. The van der Waals surface area contributed by atoms with Gasteiger partial charge in [0.1, 0.15) is 5.75 Å². The fourth-order valence-corrected chi connectivity index (χ4v) is 2.26. The van der Waals surface area contributed by atoms with E-state index >= 15 is 0 Å². The van der Waals surface area contributed by atoms with Crippen molar-refractivity contribution < 1.29 is 9.53 Å². The molecule has 0 amide bonds. The second kappa shape index (κ2) is 4.82. The zero-order valence-electron chi connectivity index (χ0n) is 11.8. The Labute approximate surface area is 106 Å². The molecule has 0 aliphatic rings. The molecule has 17 heavy (non-hydrogen) atoms. The first kappa shape index (κ1) is 14.3. The second-order valence-electron chi connectivity index (χ2n) is 6.13. The van der Waals surface area contributed by atoms with Crippen LogP contribution in [-0.2, 0) is 11.0 Å². The van der Waals surface area contributed by atoms with E-state index in [-0.39, 0.29) is 5.04 Å². The predicted octanol–water partition coefficient (Wildman–Crippen LogP) is 4.22. The summed E-state index contributed by atoms with van der Waals surface area (Å²) in [7, 11) is -1.74. The number of phenols is 1. The molecule has 0 aliphatic carbocycles. The van der Waals surface area contributed by atoms with Crippen LogP contribution in [0.2, 0.25) is 18.1 Å². The molecular formula is C14H24O2Si. The van der Waals surface area contributed by atoms with Crippen molar-refractivity contribution in [2.24, 2.45) is 0 Å². The molecule has 3 heteroatoms. The summed E-state index contributed by atoms with van der Waals surface area (Å²) in [5.74, 6) is 0.367. The quantitative estimate of drug-likeness (QED) is 0.816. The van der Waals surface area contributed by atoms with E-state index in [1.807, 2.05) is 25.1 Å². The van der Waals surface area contributed by atoms with Crippen LogP contribution >= 0.6 is 0 Å². The third kappa shape index (κ3) is 3.33. The van der Waals surface area contributed by atoms with Crippen molar-refractivity contribution in [1.29, 1.82) is 0 Å². The normalized spacial score (nSPS) is 12.8. The van der Waals surface area contributed by atoms with Gasteiger partial charge >= 0.3 is 0 Å². The van der Waals surface area contributed by atoms with Crippen LogP contribution < -0.4 is 0 Å². The topological polar surface area (TPSA) is 29.5 Å².